The molecule has 1 aliphatic rings. The Labute approximate surface area is 150 Å². The molecule has 1 aromatic carbocycles. The van der Waals surface area contributed by atoms with Crippen molar-refractivity contribution in [2.24, 2.45) is 10.2 Å². The van der Waals surface area contributed by atoms with Gasteiger partial charge in [0.1, 0.15) is 17.2 Å². The summed E-state index contributed by atoms with van der Waals surface area (Å²) in [4.78, 5) is 17.8. The zero-order valence-corrected chi connectivity index (χ0v) is 14.1. The predicted octanol–water partition coefficient (Wildman–Crippen LogP) is 2.62. The van der Waals surface area contributed by atoms with Crippen LogP contribution in [0.2, 0.25) is 0 Å². The van der Waals surface area contributed by atoms with Crippen molar-refractivity contribution in [3.63, 3.8) is 0 Å². The second-order valence-corrected chi connectivity index (χ2v) is 5.89. The highest BCUT2D eigenvalue weighted by atomic mass is 16.6. The summed E-state index contributed by atoms with van der Waals surface area (Å²) >= 11 is 0. The molecule has 1 aliphatic heterocycles. The summed E-state index contributed by atoms with van der Waals surface area (Å²) in [6.45, 7) is 0.911. The minimum atomic E-state index is -0.479. The van der Waals surface area contributed by atoms with Gasteiger partial charge in [-0.25, -0.2) is 9.78 Å². The molecule has 9 nitrogen and oxygen atoms in total. The summed E-state index contributed by atoms with van der Waals surface area (Å²) in [7, 11) is 0. The number of hydrogen-bond acceptors (Lipinski definition) is 8. The zero-order chi connectivity index (χ0) is 18.5. The van der Waals surface area contributed by atoms with E-state index in [2.05, 4.69) is 15.2 Å². The first-order valence-corrected chi connectivity index (χ1v) is 8.20. The van der Waals surface area contributed by atoms with E-state index < -0.39 is 6.09 Å². The normalized spacial score (nSPS) is 15.3. The van der Waals surface area contributed by atoms with Gasteiger partial charge in [0, 0.05) is 13.1 Å². The van der Waals surface area contributed by atoms with E-state index >= 15 is 0 Å². The molecule has 0 saturated carbocycles. The maximum absolute atomic E-state index is 12.3. The van der Waals surface area contributed by atoms with Crippen LogP contribution in [0.15, 0.2) is 46.6 Å². The van der Waals surface area contributed by atoms with Crippen LogP contribution in [-0.4, -0.2) is 40.3 Å². The number of anilines is 2. The Morgan fingerprint density at radius 3 is 2.54 bits per heavy atom. The number of aromatic nitrogens is 1. The van der Waals surface area contributed by atoms with Gasteiger partial charge >= 0.3 is 6.09 Å². The van der Waals surface area contributed by atoms with Crippen molar-refractivity contribution in [2.75, 3.05) is 24.6 Å². The molecule has 9 heteroatoms. The number of nitrogens with two attached hydrogens (primary N) is 2. The van der Waals surface area contributed by atoms with E-state index in [4.69, 9.17) is 16.2 Å². The van der Waals surface area contributed by atoms with Crippen LogP contribution >= 0.6 is 0 Å². The molecule has 1 amide bonds. The molecule has 26 heavy (non-hydrogen) atoms. The smallest absolute Gasteiger partial charge is 0.408 e. The molecule has 3 rings (SSSR count). The van der Waals surface area contributed by atoms with Crippen LogP contribution in [0.3, 0.4) is 0 Å². The lowest BCUT2D eigenvalue weighted by Crippen LogP contribution is -2.41. The van der Waals surface area contributed by atoms with Crippen LogP contribution in [0.25, 0.3) is 0 Å². The summed E-state index contributed by atoms with van der Waals surface area (Å²) in [5.41, 5.74) is 12.1. The standard InChI is InChI=1S/C17H20N6O3/c18-15-6-5-13(16(19)20-15)22-21-12-3-1-2-4-14(12)26-17(25)23-9-7-11(24)8-10-23/h1-6,11,24H,7-10H2,(H4,18,19,20). The number of carbonyl (C=O) groups is 1. The van der Waals surface area contributed by atoms with Gasteiger partial charge in [-0.05, 0) is 37.1 Å². The van der Waals surface area contributed by atoms with Crippen molar-refractivity contribution in [1.29, 1.82) is 0 Å². The van der Waals surface area contributed by atoms with E-state index in [1.165, 1.54) is 0 Å². The quantitative estimate of drug-likeness (QED) is 0.722. The predicted molar refractivity (Wildman–Crippen MR) is 96.5 cm³/mol. The van der Waals surface area contributed by atoms with Crippen molar-refractivity contribution in [1.82, 2.24) is 9.88 Å². The maximum atomic E-state index is 12.3. The number of azo groups is 1. The molecule has 0 aliphatic carbocycles. The minimum absolute atomic E-state index is 0.162. The SMILES string of the molecule is Nc1ccc(N=Nc2ccccc2OC(=O)N2CCC(O)CC2)c(N)n1. The number of piperidine rings is 1. The number of hydrogen-bond donors (Lipinski definition) is 3. The summed E-state index contributed by atoms with van der Waals surface area (Å²) < 4.78 is 5.44. The summed E-state index contributed by atoms with van der Waals surface area (Å²) in [6, 6.07) is 9.98. The molecule has 2 aromatic rings. The van der Waals surface area contributed by atoms with Gasteiger partial charge < -0.3 is 26.2 Å². The number of aliphatic hydroxyl groups excluding tert-OH is 1. The van der Waals surface area contributed by atoms with Crippen molar-refractivity contribution in [2.45, 2.75) is 18.9 Å². The number of likely N-dealkylation sites (tertiary alicyclic amines) is 1. The topological polar surface area (TPSA) is 139 Å². The average molecular weight is 356 g/mol. The van der Waals surface area contributed by atoms with E-state index in [1.807, 2.05) is 0 Å². The lowest BCUT2D eigenvalue weighted by atomic mass is 10.1. The molecule has 0 spiro atoms. The van der Waals surface area contributed by atoms with Crippen LogP contribution in [0.4, 0.5) is 27.8 Å². The Kier molecular flexibility index (Phi) is 5.28. The number of ether oxygens (including phenoxy) is 1. The number of para-hydroxylation sites is 1. The van der Waals surface area contributed by atoms with Crippen LogP contribution < -0.4 is 16.2 Å². The molecule has 0 bridgehead atoms. The fourth-order valence-corrected chi connectivity index (χ4v) is 2.51. The second kappa shape index (κ2) is 7.79. The summed E-state index contributed by atoms with van der Waals surface area (Å²) in [5, 5.41) is 17.7. The molecule has 1 fully saturated rings. The number of aliphatic hydroxyl groups is 1. The number of amides is 1. The van der Waals surface area contributed by atoms with E-state index in [9.17, 15) is 9.90 Å². The Balaban J connectivity index is 1.73. The van der Waals surface area contributed by atoms with Crippen molar-refractivity contribution in [3.8, 4) is 5.75 Å². The number of carbonyl (C=O) groups excluding carboxylic acids is 1. The fraction of sp³-hybridized carbons (Fsp3) is 0.294. The fourth-order valence-electron chi connectivity index (χ4n) is 2.51. The first-order chi connectivity index (χ1) is 12.5. The number of nitrogen functional groups attached to an aromatic ring is 2. The van der Waals surface area contributed by atoms with Crippen molar-refractivity contribution >= 4 is 29.1 Å². The van der Waals surface area contributed by atoms with Crippen LogP contribution in [0, 0.1) is 0 Å². The lowest BCUT2D eigenvalue weighted by Gasteiger charge is -2.28. The maximum Gasteiger partial charge on any atom is 0.415 e. The molecule has 1 saturated heterocycles. The van der Waals surface area contributed by atoms with Gasteiger partial charge in [0.2, 0.25) is 0 Å². The zero-order valence-electron chi connectivity index (χ0n) is 14.1. The lowest BCUT2D eigenvalue weighted by molar-refractivity contribution is 0.0798. The van der Waals surface area contributed by atoms with E-state index in [1.54, 1.807) is 41.3 Å². The highest BCUT2D eigenvalue weighted by molar-refractivity contribution is 5.73. The Morgan fingerprint density at radius 1 is 1.12 bits per heavy atom. The van der Waals surface area contributed by atoms with Crippen LogP contribution in [0.1, 0.15) is 12.8 Å². The Morgan fingerprint density at radius 2 is 1.81 bits per heavy atom. The third kappa shape index (κ3) is 4.25. The second-order valence-electron chi connectivity index (χ2n) is 5.89. The first-order valence-electron chi connectivity index (χ1n) is 8.20. The number of benzene rings is 1. The highest BCUT2D eigenvalue weighted by Crippen LogP contribution is 2.30. The van der Waals surface area contributed by atoms with Gasteiger partial charge in [-0.15, -0.1) is 10.2 Å². The monoisotopic (exact) mass is 356 g/mol. The third-order valence-electron chi connectivity index (χ3n) is 3.97. The molecule has 2 heterocycles. The van der Waals surface area contributed by atoms with Gasteiger partial charge in [-0.2, -0.15) is 0 Å². The molecule has 1 aromatic heterocycles. The van der Waals surface area contributed by atoms with E-state index in [0.717, 1.165) is 0 Å². The summed E-state index contributed by atoms with van der Waals surface area (Å²) in [6.07, 6.45) is 0.243. The van der Waals surface area contributed by atoms with E-state index in [0.29, 0.717) is 43.1 Å². The number of rotatable bonds is 3. The molecule has 0 radical (unpaired) electrons. The highest BCUT2D eigenvalue weighted by Gasteiger charge is 2.23. The van der Waals surface area contributed by atoms with Gasteiger partial charge in [0.05, 0.1) is 6.10 Å². The molecular formula is C17H20N6O3. The molecule has 5 N–H and O–H groups in total. The molecular weight excluding hydrogens is 336 g/mol. The molecule has 136 valence electrons. The Hall–Kier alpha value is -3.20. The van der Waals surface area contributed by atoms with Crippen LogP contribution in [0.5, 0.6) is 5.75 Å². The summed E-state index contributed by atoms with van der Waals surface area (Å²) in [5.74, 6) is 0.742. The minimum Gasteiger partial charge on any atom is -0.408 e. The van der Waals surface area contributed by atoms with Gasteiger partial charge in [0.25, 0.3) is 0 Å². The largest absolute Gasteiger partial charge is 0.415 e. The van der Waals surface area contributed by atoms with Gasteiger partial charge in [-0.1, -0.05) is 12.1 Å². The Bertz CT molecular complexity index is 818. The van der Waals surface area contributed by atoms with Crippen LogP contribution in [-0.2, 0) is 0 Å². The van der Waals surface area contributed by atoms with Crippen molar-refractivity contribution < 1.29 is 14.6 Å². The third-order valence-corrected chi connectivity index (χ3v) is 3.97. The number of nitrogens with zero attached hydrogens (tertiary/aromatic N) is 4. The van der Waals surface area contributed by atoms with E-state index in [-0.39, 0.29) is 17.7 Å². The van der Waals surface area contributed by atoms with Gasteiger partial charge in [-0.3, -0.25) is 0 Å². The van der Waals surface area contributed by atoms with Gasteiger partial charge in [0.15, 0.2) is 11.6 Å². The van der Waals surface area contributed by atoms with Crippen molar-refractivity contribution in [3.05, 3.63) is 36.4 Å². The first kappa shape index (κ1) is 17.6. The number of pyridine rings is 1. The average Bonchev–Trinajstić information content (AvgIpc) is 2.62. The molecule has 0 unspecified atom stereocenters. The molecule has 0 atom stereocenters.